The van der Waals surface area contributed by atoms with Crippen LogP contribution in [0.2, 0.25) is 5.02 Å². The molecule has 1 aromatic carbocycles. The number of rotatable bonds is 4. The number of carbonyl (C=O) groups is 1. The Hall–Kier alpha value is -0.540. The van der Waals surface area contributed by atoms with Gasteiger partial charge in [0.1, 0.15) is 0 Å². The Balaban J connectivity index is 2.69. The third-order valence-electron chi connectivity index (χ3n) is 2.35. The number of benzene rings is 1. The maximum absolute atomic E-state index is 11.8. The van der Waals surface area contributed by atoms with E-state index in [0.717, 1.165) is 17.3 Å². The van der Waals surface area contributed by atoms with E-state index >= 15 is 0 Å². The molecular formula is C12H15BrClNO. The van der Waals surface area contributed by atoms with Crippen molar-refractivity contribution in [3.8, 4) is 0 Å². The average Bonchev–Trinajstić information content (AvgIpc) is 2.22. The molecule has 2 nitrogen and oxygen atoms in total. The van der Waals surface area contributed by atoms with Crippen LogP contribution < -0.4 is 5.32 Å². The van der Waals surface area contributed by atoms with Gasteiger partial charge in [-0.3, -0.25) is 4.79 Å². The predicted molar refractivity (Wildman–Crippen MR) is 71.5 cm³/mol. The fraction of sp³-hybridized carbons (Fsp3) is 0.417. The van der Waals surface area contributed by atoms with Crippen LogP contribution in [-0.4, -0.2) is 17.3 Å². The highest BCUT2D eigenvalue weighted by Gasteiger charge is 2.10. The highest BCUT2D eigenvalue weighted by atomic mass is 79.9. The molecule has 88 valence electrons. The first-order valence-electron chi connectivity index (χ1n) is 5.17. The second-order valence-electron chi connectivity index (χ2n) is 3.82. The summed E-state index contributed by atoms with van der Waals surface area (Å²) < 4.78 is 0. The summed E-state index contributed by atoms with van der Waals surface area (Å²) in [5.41, 5.74) is 1.59. The Morgan fingerprint density at radius 1 is 1.56 bits per heavy atom. The minimum atomic E-state index is -0.0737. The molecule has 1 unspecified atom stereocenters. The van der Waals surface area contributed by atoms with Crippen molar-refractivity contribution in [1.29, 1.82) is 0 Å². The van der Waals surface area contributed by atoms with Crippen molar-refractivity contribution in [3.63, 3.8) is 0 Å². The fourth-order valence-corrected chi connectivity index (χ4v) is 2.14. The maximum atomic E-state index is 11.8. The highest BCUT2D eigenvalue weighted by molar-refractivity contribution is 9.09. The van der Waals surface area contributed by atoms with Crippen LogP contribution in [0, 0.1) is 6.92 Å². The number of aryl methyl sites for hydroxylation is 1. The zero-order valence-corrected chi connectivity index (χ0v) is 11.7. The minimum absolute atomic E-state index is 0.0737. The van der Waals surface area contributed by atoms with Crippen LogP contribution >= 0.6 is 27.5 Å². The van der Waals surface area contributed by atoms with Gasteiger partial charge in [-0.2, -0.15) is 0 Å². The summed E-state index contributed by atoms with van der Waals surface area (Å²) in [5, 5.41) is 4.42. The van der Waals surface area contributed by atoms with Crippen LogP contribution in [0.5, 0.6) is 0 Å². The van der Waals surface area contributed by atoms with E-state index in [-0.39, 0.29) is 11.9 Å². The zero-order chi connectivity index (χ0) is 12.1. The summed E-state index contributed by atoms with van der Waals surface area (Å²) in [7, 11) is 0. The van der Waals surface area contributed by atoms with E-state index in [4.69, 9.17) is 11.6 Å². The van der Waals surface area contributed by atoms with E-state index in [1.54, 1.807) is 12.1 Å². The molecule has 0 radical (unpaired) electrons. The quantitative estimate of drug-likeness (QED) is 0.847. The number of amides is 1. The van der Waals surface area contributed by atoms with Gasteiger partial charge >= 0.3 is 0 Å². The lowest BCUT2D eigenvalue weighted by atomic mass is 10.1. The number of nitrogens with one attached hydrogen (secondary N) is 1. The number of alkyl halides is 1. The van der Waals surface area contributed by atoms with Gasteiger partial charge in [0.15, 0.2) is 0 Å². The molecule has 4 heteroatoms. The monoisotopic (exact) mass is 303 g/mol. The van der Waals surface area contributed by atoms with Crippen molar-refractivity contribution in [2.24, 2.45) is 0 Å². The zero-order valence-electron chi connectivity index (χ0n) is 9.39. The number of hydrogen-bond donors (Lipinski definition) is 1. The Morgan fingerprint density at radius 3 is 2.81 bits per heavy atom. The second kappa shape index (κ2) is 6.26. The first-order valence-corrected chi connectivity index (χ1v) is 6.67. The summed E-state index contributed by atoms with van der Waals surface area (Å²) in [5.74, 6) is -0.0737. The van der Waals surface area contributed by atoms with Crippen LogP contribution in [0.3, 0.4) is 0 Å². The lowest BCUT2D eigenvalue weighted by molar-refractivity contribution is 0.0939. The smallest absolute Gasteiger partial charge is 0.251 e. The average molecular weight is 305 g/mol. The molecule has 0 fully saturated rings. The molecule has 1 N–H and O–H groups in total. The summed E-state index contributed by atoms with van der Waals surface area (Å²) in [6.45, 7) is 3.90. The third-order valence-corrected chi connectivity index (χ3v) is 3.22. The Kier molecular flexibility index (Phi) is 5.29. The number of carbonyl (C=O) groups excluding carboxylic acids is 1. The van der Waals surface area contributed by atoms with Gasteiger partial charge in [0.05, 0.1) is 0 Å². The molecule has 1 aromatic rings. The second-order valence-corrected chi connectivity index (χ2v) is 5.02. The van der Waals surface area contributed by atoms with Crippen molar-refractivity contribution in [2.75, 3.05) is 5.33 Å². The van der Waals surface area contributed by atoms with Crippen LogP contribution in [0.4, 0.5) is 0 Å². The van der Waals surface area contributed by atoms with Crippen LogP contribution in [-0.2, 0) is 0 Å². The molecule has 0 aliphatic rings. The van der Waals surface area contributed by atoms with Crippen molar-refractivity contribution < 1.29 is 4.79 Å². The summed E-state index contributed by atoms with van der Waals surface area (Å²) in [4.78, 5) is 11.8. The summed E-state index contributed by atoms with van der Waals surface area (Å²) >= 11 is 9.31. The molecule has 16 heavy (non-hydrogen) atoms. The van der Waals surface area contributed by atoms with Gasteiger partial charge in [0.2, 0.25) is 0 Å². The topological polar surface area (TPSA) is 29.1 Å². The molecule has 1 rings (SSSR count). The van der Waals surface area contributed by atoms with E-state index < -0.39 is 0 Å². The van der Waals surface area contributed by atoms with Crippen LogP contribution in [0.25, 0.3) is 0 Å². The van der Waals surface area contributed by atoms with E-state index in [1.807, 2.05) is 19.9 Å². The van der Waals surface area contributed by atoms with Gasteiger partial charge < -0.3 is 5.32 Å². The molecule has 0 spiro atoms. The standard InChI is InChI=1S/C12H15BrClNO/c1-8-3-4-10(7-11(8)14)12(16)15-9(2)5-6-13/h3-4,7,9H,5-6H2,1-2H3,(H,15,16). The molecule has 0 saturated carbocycles. The Bertz CT molecular complexity index is 381. The van der Waals surface area contributed by atoms with Gasteiger partial charge in [0, 0.05) is 22.0 Å². The minimum Gasteiger partial charge on any atom is -0.350 e. The first kappa shape index (κ1) is 13.5. The van der Waals surface area contributed by atoms with Gasteiger partial charge in [0.25, 0.3) is 5.91 Å². The lowest BCUT2D eigenvalue weighted by Crippen LogP contribution is -2.32. The molecule has 0 aromatic heterocycles. The summed E-state index contributed by atoms with van der Waals surface area (Å²) in [6.07, 6.45) is 0.908. The van der Waals surface area contributed by atoms with E-state index in [1.165, 1.54) is 0 Å². The number of halogens is 2. The van der Waals surface area contributed by atoms with Gasteiger partial charge in [-0.05, 0) is 38.0 Å². The summed E-state index contributed by atoms with van der Waals surface area (Å²) in [6, 6.07) is 5.50. The maximum Gasteiger partial charge on any atom is 0.251 e. The molecule has 0 heterocycles. The molecule has 0 aliphatic carbocycles. The molecule has 1 atom stereocenters. The van der Waals surface area contributed by atoms with Gasteiger partial charge in [-0.1, -0.05) is 33.6 Å². The van der Waals surface area contributed by atoms with Crippen molar-refractivity contribution in [2.45, 2.75) is 26.3 Å². The number of hydrogen-bond acceptors (Lipinski definition) is 1. The Labute approximate surface area is 110 Å². The highest BCUT2D eigenvalue weighted by Crippen LogP contribution is 2.16. The molecule has 0 saturated heterocycles. The van der Waals surface area contributed by atoms with Crippen molar-refractivity contribution >= 4 is 33.4 Å². The van der Waals surface area contributed by atoms with E-state index in [9.17, 15) is 4.79 Å². The molecule has 0 bridgehead atoms. The Morgan fingerprint density at radius 2 is 2.25 bits per heavy atom. The largest absolute Gasteiger partial charge is 0.350 e. The normalized spacial score (nSPS) is 12.2. The van der Waals surface area contributed by atoms with Crippen LogP contribution in [0.1, 0.15) is 29.3 Å². The van der Waals surface area contributed by atoms with Crippen LogP contribution in [0.15, 0.2) is 18.2 Å². The van der Waals surface area contributed by atoms with Crippen molar-refractivity contribution in [3.05, 3.63) is 34.3 Å². The lowest BCUT2D eigenvalue weighted by Gasteiger charge is -2.12. The van der Waals surface area contributed by atoms with Gasteiger partial charge in [-0.25, -0.2) is 0 Å². The predicted octanol–water partition coefficient (Wildman–Crippen LogP) is 3.55. The van der Waals surface area contributed by atoms with E-state index in [2.05, 4.69) is 21.2 Å². The molecule has 0 aliphatic heterocycles. The first-order chi connectivity index (χ1) is 7.54. The molecule has 1 amide bonds. The molecular weight excluding hydrogens is 289 g/mol. The SMILES string of the molecule is Cc1ccc(C(=O)NC(C)CCBr)cc1Cl. The third kappa shape index (κ3) is 3.80. The fourth-order valence-electron chi connectivity index (χ4n) is 1.28. The van der Waals surface area contributed by atoms with Gasteiger partial charge in [-0.15, -0.1) is 0 Å². The van der Waals surface area contributed by atoms with E-state index in [0.29, 0.717) is 10.6 Å². The van der Waals surface area contributed by atoms with Crippen molar-refractivity contribution in [1.82, 2.24) is 5.32 Å².